The van der Waals surface area contributed by atoms with Crippen LogP contribution < -0.4 is 5.32 Å². The maximum absolute atomic E-state index is 13.0. The summed E-state index contributed by atoms with van der Waals surface area (Å²) >= 11 is 0. The minimum absolute atomic E-state index is 0.0231. The van der Waals surface area contributed by atoms with Crippen molar-refractivity contribution in [1.82, 2.24) is 14.5 Å². The summed E-state index contributed by atoms with van der Waals surface area (Å²) in [6, 6.07) is 18.5. The number of piperidine rings is 1. The second-order valence-corrected chi connectivity index (χ2v) is 10.7. The maximum atomic E-state index is 13.0. The van der Waals surface area contributed by atoms with E-state index in [9.17, 15) is 18.5 Å². The molecule has 34 heavy (non-hydrogen) atoms. The van der Waals surface area contributed by atoms with Crippen molar-refractivity contribution in [1.29, 1.82) is 5.26 Å². The Morgan fingerprint density at radius 2 is 1.76 bits per heavy atom. The molecule has 0 aromatic heterocycles. The first kappa shape index (κ1) is 24.4. The number of ether oxygens (including phenoxy) is 1. The van der Waals surface area contributed by atoms with Crippen molar-refractivity contribution >= 4 is 15.9 Å². The number of hydrogen-bond acceptors (Lipinski definition) is 6. The molecule has 2 aliphatic heterocycles. The van der Waals surface area contributed by atoms with Gasteiger partial charge in [0.25, 0.3) is 0 Å². The standard InChI is InChI=1S/C25H30N4O4S/c26-16-22-8-4-5-9-24(22)34(31,32)29-12-10-21(11-13-29)25(30)27-17-23-19-28(14-15-33-23)18-20-6-2-1-3-7-20/h1-9,21,23H,10-15,17-19H2,(H,27,30). The number of benzene rings is 2. The van der Waals surface area contributed by atoms with Crippen molar-refractivity contribution in [3.05, 3.63) is 65.7 Å². The van der Waals surface area contributed by atoms with Crippen LogP contribution in [-0.2, 0) is 26.1 Å². The van der Waals surface area contributed by atoms with Crippen LogP contribution in [-0.4, -0.2) is 69.0 Å². The number of hydrogen-bond donors (Lipinski definition) is 1. The fraction of sp³-hybridized carbons (Fsp3) is 0.440. The fourth-order valence-electron chi connectivity index (χ4n) is 4.53. The molecule has 1 unspecified atom stereocenters. The molecule has 9 heteroatoms. The molecule has 0 saturated carbocycles. The summed E-state index contributed by atoms with van der Waals surface area (Å²) in [5.74, 6) is -0.292. The molecule has 0 aliphatic carbocycles. The van der Waals surface area contributed by atoms with E-state index in [1.807, 2.05) is 24.3 Å². The average molecular weight is 483 g/mol. The molecule has 0 radical (unpaired) electrons. The number of rotatable bonds is 7. The number of nitrogens with zero attached hydrogens (tertiary/aromatic N) is 3. The Balaban J connectivity index is 1.25. The summed E-state index contributed by atoms with van der Waals surface area (Å²) < 4.78 is 33.2. The van der Waals surface area contributed by atoms with Gasteiger partial charge in [0.05, 0.1) is 23.2 Å². The minimum atomic E-state index is -3.76. The molecule has 2 aromatic rings. The third-order valence-electron chi connectivity index (χ3n) is 6.43. The van der Waals surface area contributed by atoms with E-state index in [1.54, 1.807) is 12.1 Å². The third kappa shape index (κ3) is 5.83. The topological polar surface area (TPSA) is 103 Å². The molecule has 1 N–H and O–H groups in total. The lowest BCUT2D eigenvalue weighted by Crippen LogP contribution is -2.49. The van der Waals surface area contributed by atoms with Gasteiger partial charge in [0.2, 0.25) is 15.9 Å². The largest absolute Gasteiger partial charge is 0.374 e. The molecule has 2 aromatic carbocycles. The SMILES string of the molecule is N#Cc1ccccc1S(=O)(=O)N1CCC(C(=O)NCC2CN(Cc3ccccc3)CCO2)CC1. The van der Waals surface area contributed by atoms with Crippen molar-refractivity contribution < 1.29 is 17.9 Å². The number of amides is 1. The van der Waals surface area contributed by atoms with Crippen LogP contribution in [0.3, 0.4) is 0 Å². The van der Waals surface area contributed by atoms with Crippen LogP contribution in [0.4, 0.5) is 0 Å². The molecule has 180 valence electrons. The molecule has 8 nitrogen and oxygen atoms in total. The van der Waals surface area contributed by atoms with E-state index in [0.29, 0.717) is 26.0 Å². The fourth-order valence-corrected chi connectivity index (χ4v) is 6.14. The smallest absolute Gasteiger partial charge is 0.244 e. The summed E-state index contributed by atoms with van der Waals surface area (Å²) in [7, 11) is -3.76. The van der Waals surface area contributed by atoms with Gasteiger partial charge in [0, 0.05) is 45.2 Å². The molecular formula is C25H30N4O4S. The number of carbonyl (C=O) groups is 1. The van der Waals surface area contributed by atoms with E-state index < -0.39 is 10.0 Å². The van der Waals surface area contributed by atoms with Gasteiger partial charge in [-0.15, -0.1) is 0 Å². The van der Waals surface area contributed by atoms with Crippen LogP contribution >= 0.6 is 0 Å². The summed E-state index contributed by atoms with van der Waals surface area (Å²) in [6.45, 7) is 4.06. The van der Waals surface area contributed by atoms with Crippen molar-refractivity contribution in [3.8, 4) is 6.07 Å². The Kier molecular flexibility index (Phi) is 7.95. The third-order valence-corrected chi connectivity index (χ3v) is 8.38. The Bertz CT molecular complexity index is 1130. The number of nitriles is 1. The maximum Gasteiger partial charge on any atom is 0.244 e. The molecule has 0 spiro atoms. The number of carbonyl (C=O) groups excluding carboxylic acids is 1. The normalized spacial score (nSPS) is 20.5. The molecule has 1 amide bonds. The van der Waals surface area contributed by atoms with Gasteiger partial charge in [0.1, 0.15) is 6.07 Å². The first-order valence-corrected chi connectivity index (χ1v) is 13.1. The summed E-state index contributed by atoms with van der Waals surface area (Å²) in [5, 5.41) is 12.3. The van der Waals surface area contributed by atoms with Crippen LogP contribution in [0.5, 0.6) is 0 Å². The van der Waals surface area contributed by atoms with Gasteiger partial charge in [-0.05, 0) is 30.5 Å². The van der Waals surface area contributed by atoms with E-state index >= 15 is 0 Å². The zero-order valence-corrected chi connectivity index (χ0v) is 19.9. The lowest BCUT2D eigenvalue weighted by molar-refractivity contribution is -0.127. The van der Waals surface area contributed by atoms with E-state index in [-0.39, 0.29) is 41.5 Å². The van der Waals surface area contributed by atoms with E-state index in [4.69, 9.17) is 4.74 Å². The van der Waals surface area contributed by atoms with Crippen molar-refractivity contribution in [2.24, 2.45) is 5.92 Å². The second-order valence-electron chi connectivity index (χ2n) is 8.74. The van der Waals surface area contributed by atoms with Gasteiger partial charge < -0.3 is 10.1 Å². The second kappa shape index (κ2) is 11.1. The van der Waals surface area contributed by atoms with Crippen LogP contribution in [0.2, 0.25) is 0 Å². The van der Waals surface area contributed by atoms with Gasteiger partial charge in [-0.2, -0.15) is 9.57 Å². The molecule has 1 atom stereocenters. The highest BCUT2D eigenvalue weighted by Crippen LogP contribution is 2.25. The molecule has 0 bridgehead atoms. The molecular weight excluding hydrogens is 452 g/mol. The van der Waals surface area contributed by atoms with E-state index in [2.05, 4.69) is 22.3 Å². The predicted octanol–water partition coefficient (Wildman–Crippen LogP) is 1.98. The Morgan fingerprint density at radius 3 is 2.50 bits per heavy atom. The van der Waals surface area contributed by atoms with Crippen LogP contribution in [0.1, 0.15) is 24.0 Å². The van der Waals surface area contributed by atoms with E-state index in [1.165, 1.54) is 22.0 Å². The Labute approximate surface area is 201 Å². The molecule has 2 aliphatic rings. The zero-order chi connectivity index (χ0) is 24.0. The number of sulfonamides is 1. The van der Waals surface area contributed by atoms with Crippen molar-refractivity contribution in [2.45, 2.75) is 30.4 Å². The van der Waals surface area contributed by atoms with Crippen LogP contribution in [0.15, 0.2) is 59.5 Å². The Hall–Kier alpha value is -2.77. The molecule has 2 fully saturated rings. The van der Waals surface area contributed by atoms with Gasteiger partial charge in [-0.1, -0.05) is 42.5 Å². The Morgan fingerprint density at radius 1 is 1.06 bits per heavy atom. The van der Waals surface area contributed by atoms with Crippen molar-refractivity contribution in [3.63, 3.8) is 0 Å². The number of nitrogens with one attached hydrogen (secondary N) is 1. The summed E-state index contributed by atoms with van der Waals surface area (Å²) in [5.41, 5.74) is 1.39. The predicted molar refractivity (Wildman–Crippen MR) is 127 cm³/mol. The summed E-state index contributed by atoms with van der Waals surface area (Å²) in [4.78, 5) is 15.1. The van der Waals surface area contributed by atoms with Gasteiger partial charge in [-0.25, -0.2) is 8.42 Å². The summed E-state index contributed by atoms with van der Waals surface area (Å²) in [6.07, 6.45) is 0.834. The van der Waals surface area contributed by atoms with Gasteiger partial charge in [0.15, 0.2) is 0 Å². The zero-order valence-electron chi connectivity index (χ0n) is 19.1. The van der Waals surface area contributed by atoms with Crippen molar-refractivity contribution in [2.75, 3.05) is 39.3 Å². The van der Waals surface area contributed by atoms with Crippen LogP contribution in [0, 0.1) is 17.2 Å². The average Bonchev–Trinajstić information content (AvgIpc) is 2.88. The highest BCUT2D eigenvalue weighted by molar-refractivity contribution is 7.89. The lowest BCUT2D eigenvalue weighted by Gasteiger charge is -2.34. The first-order valence-electron chi connectivity index (χ1n) is 11.6. The molecule has 4 rings (SSSR count). The number of morpholine rings is 1. The highest BCUT2D eigenvalue weighted by Gasteiger charge is 2.33. The lowest BCUT2D eigenvalue weighted by atomic mass is 9.97. The van der Waals surface area contributed by atoms with Gasteiger partial charge in [-0.3, -0.25) is 9.69 Å². The molecule has 2 heterocycles. The van der Waals surface area contributed by atoms with E-state index in [0.717, 1.165) is 19.6 Å². The monoisotopic (exact) mass is 482 g/mol. The first-order chi connectivity index (χ1) is 16.5. The van der Waals surface area contributed by atoms with Crippen LogP contribution in [0.25, 0.3) is 0 Å². The quantitative estimate of drug-likeness (QED) is 0.647. The minimum Gasteiger partial charge on any atom is -0.374 e. The highest BCUT2D eigenvalue weighted by atomic mass is 32.2. The van der Waals surface area contributed by atoms with Gasteiger partial charge >= 0.3 is 0 Å². The molecule has 2 saturated heterocycles.